The number of imide groups is 2. The molecule has 0 unspecified atom stereocenters. The zero-order valence-corrected chi connectivity index (χ0v) is 20.8. The molecule has 0 aromatic heterocycles. The normalized spacial score (nSPS) is 15.4. The van der Waals surface area contributed by atoms with Gasteiger partial charge in [0.15, 0.2) is 0 Å². The molecule has 0 atom stereocenters. The van der Waals surface area contributed by atoms with Gasteiger partial charge in [-0.05, 0) is 48.2 Å². The van der Waals surface area contributed by atoms with Crippen LogP contribution >= 0.6 is 0 Å². The smallest absolute Gasteiger partial charge is 0.274 e. The first-order valence-corrected chi connectivity index (χ1v) is 11.6. The van der Waals surface area contributed by atoms with Crippen molar-refractivity contribution in [3.05, 3.63) is 69.8 Å². The fourth-order valence-electron chi connectivity index (χ4n) is 4.00. The van der Waals surface area contributed by atoms with E-state index in [1.54, 1.807) is 0 Å². The van der Waals surface area contributed by atoms with Crippen molar-refractivity contribution in [3.63, 3.8) is 0 Å². The standard InChI is InChI=1S/2C13H12F3NO2/c2*1-7(2)6-17-11(18)9-4-3-8(13(14,15)16)5-10(9)12(17)19/h2*3-5,7H,6H2,1-2H3. The van der Waals surface area contributed by atoms with Crippen LogP contribution in [0.25, 0.3) is 0 Å². The highest BCUT2D eigenvalue weighted by Gasteiger charge is 2.40. The highest BCUT2D eigenvalue weighted by atomic mass is 19.4. The summed E-state index contributed by atoms with van der Waals surface area (Å²) in [6.07, 6.45) is -9.05. The third kappa shape index (κ3) is 5.73. The lowest BCUT2D eigenvalue weighted by atomic mass is 10.1. The van der Waals surface area contributed by atoms with E-state index in [4.69, 9.17) is 0 Å². The Kier molecular flexibility index (Phi) is 7.76. The van der Waals surface area contributed by atoms with Crippen LogP contribution in [0.15, 0.2) is 36.4 Å². The summed E-state index contributed by atoms with van der Waals surface area (Å²) in [6.45, 7) is 7.70. The summed E-state index contributed by atoms with van der Waals surface area (Å²) in [6, 6.07) is 5.27. The number of fused-ring (bicyclic) bond motifs is 2. The minimum Gasteiger partial charge on any atom is -0.274 e. The first kappa shape index (κ1) is 28.9. The lowest BCUT2D eigenvalue weighted by Gasteiger charge is -2.15. The molecule has 0 saturated heterocycles. The van der Waals surface area contributed by atoms with Gasteiger partial charge in [0.2, 0.25) is 0 Å². The van der Waals surface area contributed by atoms with Crippen molar-refractivity contribution in [1.82, 2.24) is 9.80 Å². The Hall–Kier alpha value is -3.70. The third-order valence-corrected chi connectivity index (χ3v) is 5.69. The molecule has 2 aliphatic rings. The monoisotopic (exact) mass is 542 g/mol. The van der Waals surface area contributed by atoms with Crippen LogP contribution in [0.2, 0.25) is 0 Å². The molecule has 0 radical (unpaired) electrons. The lowest BCUT2D eigenvalue weighted by Crippen LogP contribution is -2.33. The summed E-state index contributed by atoms with van der Waals surface area (Å²) >= 11 is 0. The molecule has 204 valence electrons. The van der Waals surface area contributed by atoms with E-state index >= 15 is 0 Å². The number of nitrogens with zero attached hydrogens (tertiary/aromatic N) is 2. The predicted molar refractivity (Wildman–Crippen MR) is 123 cm³/mol. The number of rotatable bonds is 4. The van der Waals surface area contributed by atoms with Crippen molar-refractivity contribution < 1.29 is 45.5 Å². The molecular formula is C26H24F6N2O4. The summed E-state index contributed by atoms with van der Waals surface area (Å²) < 4.78 is 75.5. The SMILES string of the molecule is CC(C)CN1C(=O)c2ccc(C(F)(F)F)cc2C1=O.CC(C)CN1C(=O)c2ccc(C(F)(F)F)cc2C1=O. The number of carbonyl (C=O) groups is 4. The van der Waals surface area contributed by atoms with Gasteiger partial charge < -0.3 is 0 Å². The van der Waals surface area contributed by atoms with Gasteiger partial charge in [0.1, 0.15) is 0 Å². The number of amides is 4. The van der Waals surface area contributed by atoms with Crippen LogP contribution in [-0.2, 0) is 12.4 Å². The highest BCUT2D eigenvalue weighted by molar-refractivity contribution is 6.22. The van der Waals surface area contributed by atoms with Crippen molar-refractivity contribution in [2.24, 2.45) is 11.8 Å². The lowest BCUT2D eigenvalue weighted by molar-refractivity contribution is -0.138. The van der Waals surface area contributed by atoms with Crippen LogP contribution < -0.4 is 0 Å². The van der Waals surface area contributed by atoms with E-state index < -0.39 is 47.1 Å². The number of carbonyl (C=O) groups excluding carboxylic acids is 4. The minimum absolute atomic E-state index is 0.0404. The molecule has 0 saturated carbocycles. The molecule has 2 aliphatic heterocycles. The fourth-order valence-corrected chi connectivity index (χ4v) is 4.00. The summed E-state index contributed by atoms with van der Waals surface area (Å²) in [5.74, 6) is -2.24. The quantitative estimate of drug-likeness (QED) is 0.356. The Morgan fingerprint density at radius 2 is 0.842 bits per heavy atom. The Morgan fingerprint density at radius 3 is 1.11 bits per heavy atom. The molecule has 2 heterocycles. The van der Waals surface area contributed by atoms with Gasteiger partial charge in [-0.15, -0.1) is 0 Å². The fraction of sp³-hybridized carbons (Fsp3) is 0.385. The summed E-state index contributed by atoms with van der Waals surface area (Å²) in [5.41, 5.74) is -2.09. The highest BCUT2D eigenvalue weighted by Crippen LogP contribution is 2.34. The van der Waals surface area contributed by atoms with Gasteiger partial charge in [-0.3, -0.25) is 29.0 Å². The first-order valence-electron chi connectivity index (χ1n) is 11.6. The summed E-state index contributed by atoms with van der Waals surface area (Å²) in [4.78, 5) is 49.8. The molecule has 0 aliphatic carbocycles. The van der Waals surface area contributed by atoms with Crippen LogP contribution in [0, 0.1) is 11.8 Å². The van der Waals surface area contributed by atoms with Crippen molar-refractivity contribution in [2.45, 2.75) is 40.0 Å². The van der Waals surface area contributed by atoms with Crippen molar-refractivity contribution in [3.8, 4) is 0 Å². The second kappa shape index (κ2) is 10.2. The number of halogens is 6. The number of hydrogen-bond acceptors (Lipinski definition) is 4. The van der Waals surface area contributed by atoms with Gasteiger partial charge in [-0.25, -0.2) is 0 Å². The van der Waals surface area contributed by atoms with E-state index in [2.05, 4.69) is 0 Å². The number of hydrogen-bond donors (Lipinski definition) is 0. The Bertz CT molecular complexity index is 1200. The van der Waals surface area contributed by atoms with E-state index in [-0.39, 0.29) is 47.2 Å². The molecule has 38 heavy (non-hydrogen) atoms. The van der Waals surface area contributed by atoms with E-state index in [1.165, 1.54) is 0 Å². The van der Waals surface area contributed by atoms with Crippen LogP contribution in [-0.4, -0.2) is 46.5 Å². The second-order valence-electron chi connectivity index (χ2n) is 9.75. The topological polar surface area (TPSA) is 74.8 Å². The average molecular weight is 542 g/mol. The zero-order chi connectivity index (χ0) is 28.7. The molecule has 12 heteroatoms. The maximum Gasteiger partial charge on any atom is 0.416 e. The molecule has 6 nitrogen and oxygen atoms in total. The molecule has 4 rings (SSSR count). The van der Waals surface area contributed by atoms with Crippen molar-refractivity contribution in [1.29, 1.82) is 0 Å². The van der Waals surface area contributed by atoms with E-state index in [9.17, 15) is 45.5 Å². The molecule has 0 spiro atoms. The molecule has 2 aromatic rings. The molecule has 4 amide bonds. The van der Waals surface area contributed by atoms with Gasteiger partial charge in [0, 0.05) is 13.1 Å². The molecular weight excluding hydrogens is 518 g/mol. The van der Waals surface area contributed by atoms with Crippen LogP contribution in [0.4, 0.5) is 26.3 Å². The van der Waals surface area contributed by atoms with Gasteiger partial charge in [0.05, 0.1) is 33.4 Å². The van der Waals surface area contributed by atoms with Crippen molar-refractivity contribution in [2.75, 3.05) is 13.1 Å². The van der Waals surface area contributed by atoms with Gasteiger partial charge >= 0.3 is 12.4 Å². The maximum atomic E-state index is 12.6. The average Bonchev–Trinajstić information content (AvgIpc) is 3.18. The number of benzene rings is 2. The first-order chi connectivity index (χ1) is 17.4. The molecule has 0 N–H and O–H groups in total. The Labute approximate surface area is 214 Å². The Balaban J connectivity index is 0.000000211. The van der Waals surface area contributed by atoms with Gasteiger partial charge in [-0.2, -0.15) is 26.3 Å². The minimum atomic E-state index is -4.52. The largest absolute Gasteiger partial charge is 0.416 e. The molecule has 0 bridgehead atoms. The van der Waals surface area contributed by atoms with Crippen molar-refractivity contribution >= 4 is 23.6 Å². The maximum absolute atomic E-state index is 12.6. The summed E-state index contributed by atoms with van der Waals surface area (Å²) in [5, 5.41) is 0. The predicted octanol–water partition coefficient (Wildman–Crippen LogP) is 5.91. The second-order valence-corrected chi connectivity index (χ2v) is 9.75. The van der Waals surface area contributed by atoms with Gasteiger partial charge in [0.25, 0.3) is 23.6 Å². The van der Waals surface area contributed by atoms with Crippen LogP contribution in [0.5, 0.6) is 0 Å². The molecule has 2 aromatic carbocycles. The Morgan fingerprint density at radius 1 is 0.553 bits per heavy atom. The van der Waals surface area contributed by atoms with Crippen LogP contribution in [0.1, 0.15) is 80.3 Å². The van der Waals surface area contributed by atoms with Gasteiger partial charge in [-0.1, -0.05) is 27.7 Å². The van der Waals surface area contributed by atoms with E-state index in [1.807, 2.05) is 27.7 Å². The number of alkyl halides is 6. The van der Waals surface area contributed by atoms with Crippen LogP contribution in [0.3, 0.4) is 0 Å². The zero-order valence-electron chi connectivity index (χ0n) is 20.8. The van der Waals surface area contributed by atoms with E-state index in [0.717, 1.165) is 46.2 Å². The summed E-state index contributed by atoms with van der Waals surface area (Å²) in [7, 11) is 0. The van der Waals surface area contributed by atoms with E-state index in [0.29, 0.717) is 0 Å². The molecule has 0 fully saturated rings. The third-order valence-electron chi connectivity index (χ3n) is 5.69.